The third-order valence-electron chi connectivity index (χ3n) is 2.39. The van der Waals surface area contributed by atoms with Crippen molar-refractivity contribution in [3.05, 3.63) is 40.4 Å². The maximum Gasteiger partial charge on any atom is 0.0799 e. The van der Waals surface area contributed by atoms with Crippen molar-refractivity contribution in [3.8, 4) is 0 Å². The summed E-state index contributed by atoms with van der Waals surface area (Å²) in [4.78, 5) is 4.16. The highest BCUT2D eigenvalue weighted by atomic mass is 79.9. The molecule has 0 aliphatic carbocycles. The van der Waals surface area contributed by atoms with Crippen molar-refractivity contribution in [1.82, 2.24) is 25.3 Å². The van der Waals surface area contributed by atoms with Gasteiger partial charge in [0.05, 0.1) is 17.9 Å². The molecule has 2 aromatic heterocycles. The molecule has 0 aliphatic heterocycles. The Kier molecular flexibility index (Phi) is 3.31. The maximum atomic E-state index is 4.16. The number of nitrogens with one attached hydrogen (secondary N) is 1. The number of rotatable bonds is 3. The molecule has 1 unspecified atom stereocenters. The molecule has 0 aromatic carbocycles. The van der Waals surface area contributed by atoms with Gasteiger partial charge in [-0.1, -0.05) is 5.21 Å². The summed E-state index contributed by atoms with van der Waals surface area (Å²) in [7, 11) is 3.77. The molecule has 2 rings (SSSR count). The molecule has 1 N–H and O–H groups in total. The average Bonchev–Trinajstić information content (AvgIpc) is 2.67. The molecule has 0 aliphatic rings. The molecule has 0 bridgehead atoms. The Hall–Kier alpha value is -1.27. The first-order valence-corrected chi connectivity index (χ1v) is 5.64. The molecule has 16 heavy (non-hydrogen) atoms. The van der Waals surface area contributed by atoms with Gasteiger partial charge in [-0.25, -0.2) is 0 Å². The summed E-state index contributed by atoms with van der Waals surface area (Å²) in [5.74, 6) is 0. The van der Waals surface area contributed by atoms with Crippen molar-refractivity contribution in [2.24, 2.45) is 7.05 Å². The summed E-state index contributed by atoms with van der Waals surface area (Å²) < 4.78 is 2.71. The van der Waals surface area contributed by atoms with E-state index < -0.39 is 0 Å². The van der Waals surface area contributed by atoms with Crippen LogP contribution in [0.2, 0.25) is 0 Å². The number of pyridine rings is 1. The fourth-order valence-electron chi connectivity index (χ4n) is 1.63. The number of hydrogen-bond acceptors (Lipinski definition) is 4. The molecular weight excluding hydrogens is 270 g/mol. The number of aryl methyl sites for hydroxylation is 1. The largest absolute Gasteiger partial charge is 0.308 e. The van der Waals surface area contributed by atoms with Gasteiger partial charge < -0.3 is 5.32 Å². The number of hydrogen-bond donors (Lipinski definition) is 1. The van der Waals surface area contributed by atoms with Gasteiger partial charge >= 0.3 is 0 Å². The molecule has 0 saturated carbocycles. The van der Waals surface area contributed by atoms with E-state index in [-0.39, 0.29) is 6.04 Å². The second-order valence-corrected chi connectivity index (χ2v) is 4.36. The SMILES string of the molecule is CNC(c1cncc(Br)c1)c1cnnn1C. The molecule has 2 aromatic rings. The molecule has 6 heteroatoms. The van der Waals surface area contributed by atoms with Crippen LogP contribution in [0, 0.1) is 0 Å². The van der Waals surface area contributed by atoms with Crippen LogP contribution in [0.15, 0.2) is 29.1 Å². The summed E-state index contributed by atoms with van der Waals surface area (Å²) >= 11 is 3.41. The monoisotopic (exact) mass is 281 g/mol. The lowest BCUT2D eigenvalue weighted by atomic mass is 10.1. The Morgan fingerprint density at radius 2 is 2.19 bits per heavy atom. The first-order valence-electron chi connectivity index (χ1n) is 4.84. The van der Waals surface area contributed by atoms with Gasteiger partial charge in [-0.15, -0.1) is 5.10 Å². The Morgan fingerprint density at radius 1 is 1.38 bits per heavy atom. The summed E-state index contributed by atoms with van der Waals surface area (Å²) in [6, 6.07) is 2.08. The zero-order chi connectivity index (χ0) is 11.5. The normalized spacial score (nSPS) is 12.7. The third-order valence-corrected chi connectivity index (χ3v) is 2.83. The fourth-order valence-corrected chi connectivity index (χ4v) is 2.01. The zero-order valence-corrected chi connectivity index (χ0v) is 10.6. The van der Waals surface area contributed by atoms with E-state index in [1.807, 2.05) is 26.4 Å². The highest BCUT2D eigenvalue weighted by molar-refractivity contribution is 9.10. The van der Waals surface area contributed by atoms with Crippen LogP contribution in [0.1, 0.15) is 17.3 Å². The summed E-state index contributed by atoms with van der Waals surface area (Å²) in [6.07, 6.45) is 5.35. The Balaban J connectivity index is 2.40. The van der Waals surface area contributed by atoms with Crippen LogP contribution in [-0.4, -0.2) is 27.0 Å². The standard InChI is InChI=1S/C10H12BrN5/c1-12-10(9-6-14-15-16(9)2)7-3-8(11)5-13-4-7/h3-6,10,12H,1-2H3. The predicted molar refractivity (Wildman–Crippen MR) is 63.8 cm³/mol. The van der Waals surface area contributed by atoms with Crippen LogP contribution in [0.3, 0.4) is 0 Å². The third kappa shape index (κ3) is 2.12. The molecule has 0 fully saturated rings. The van der Waals surface area contributed by atoms with Gasteiger partial charge in [0, 0.05) is 23.9 Å². The van der Waals surface area contributed by atoms with E-state index >= 15 is 0 Å². The van der Waals surface area contributed by atoms with E-state index in [1.54, 1.807) is 17.1 Å². The van der Waals surface area contributed by atoms with E-state index in [1.165, 1.54) is 0 Å². The van der Waals surface area contributed by atoms with E-state index in [0.717, 1.165) is 15.7 Å². The Bertz CT molecular complexity index is 482. The minimum absolute atomic E-state index is 0.0463. The van der Waals surface area contributed by atoms with Gasteiger partial charge in [-0.2, -0.15) is 0 Å². The summed E-state index contributed by atoms with van der Waals surface area (Å²) in [6.45, 7) is 0. The van der Waals surface area contributed by atoms with Crippen LogP contribution in [0.5, 0.6) is 0 Å². The van der Waals surface area contributed by atoms with Crippen LogP contribution in [0.25, 0.3) is 0 Å². The van der Waals surface area contributed by atoms with E-state index in [4.69, 9.17) is 0 Å². The van der Waals surface area contributed by atoms with Crippen molar-refractivity contribution in [2.45, 2.75) is 6.04 Å². The minimum Gasteiger partial charge on any atom is -0.308 e. The lowest BCUT2D eigenvalue weighted by Gasteiger charge is -2.15. The van der Waals surface area contributed by atoms with Crippen LogP contribution in [0.4, 0.5) is 0 Å². The Morgan fingerprint density at radius 3 is 2.75 bits per heavy atom. The Labute approximate surface area is 102 Å². The summed E-state index contributed by atoms with van der Waals surface area (Å²) in [5, 5.41) is 11.0. The molecule has 0 radical (unpaired) electrons. The van der Waals surface area contributed by atoms with Gasteiger partial charge in [-0.05, 0) is 34.6 Å². The molecular formula is C10H12BrN5. The van der Waals surface area contributed by atoms with Crippen molar-refractivity contribution in [2.75, 3.05) is 7.05 Å². The molecule has 0 amide bonds. The first kappa shape index (κ1) is 11.2. The zero-order valence-electron chi connectivity index (χ0n) is 9.05. The van der Waals surface area contributed by atoms with Gasteiger partial charge in [-0.3, -0.25) is 9.67 Å². The second kappa shape index (κ2) is 4.71. The predicted octanol–water partition coefficient (Wildman–Crippen LogP) is 1.28. The molecule has 5 nitrogen and oxygen atoms in total. The molecule has 2 heterocycles. The number of nitrogens with zero attached hydrogens (tertiary/aromatic N) is 4. The van der Waals surface area contributed by atoms with Gasteiger partial charge in [0.15, 0.2) is 0 Å². The lowest BCUT2D eigenvalue weighted by molar-refractivity contribution is 0.596. The highest BCUT2D eigenvalue weighted by Gasteiger charge is 2.16. The quantitative estimate of drug-likeness (QED) is 0.921. The van der Waals surface area contributed by atoms with E-state index in [9.17, 15) is 0 Å². The average molecular weight is 282 g/mol. The van der Waals surface area contributed by atoms with Crippen LogP contribution in [-0.2, 0) is 7.05 Å². The maximum absolute atomic E-state index is 4.16. The van der Waals surface area contributed by atoms with E-state index in [2.05, 4.69) is 36.5 Å². The van der Waals surface area contributed by atoms with Gasteiger partial charge in [0.25, 0.3) is 0 Å². The first-order chi connectivity index (χ1) is 7.72. The van der Waals surface area contributed by atoms with Crippen molar-refractivity contribution in [1.29, 1.82) is 0 Å². The molecule has 84 valence electrons. The summed E-state index contributed by atoms with van der Waals surface area (Å²) in [5.41, 5.74) is 2.07. The molecule has 0 spiro atoms. The highest BCUT2D eigenvalue weighted by Crippen LogP contribution is 2.21. The molecule has 0 saturated heterocycles. The fraction of sp³-hybridized carbons (Fsp3) is 0.300. The van der Waals surface area contributed by atoms with Gasteiger partial charge in [0.2, 0.25) is 0 Å². The van der Waals surface area contributed by atoms with Gasteiger partial charge in [0.1, 0.15) is 0 Å². The van der Waals surface area contributed by atoms with Crippen molar-refractivity contribution in [3.63, 3.8) is 0 Å². The molecule has 1 atom stereocenters. The second-order valence-electron chi connectivity index (χ2n) is 3.44. The smallest absolute Gasteiger partial charge is 0.0799 e. The lowest BCUT2D eigenvalue weighted by Crippen LogP contribution is -2.20. The van der Waals surface area contributed by atoms with Crippen LogP contribution < -0.4 is 5.32 Å². The van der Waals surface area contributed by atoms with Crippen molar-refractivity contribution < 1.29 is 0 Å². The minimum atomic E-state index is 0.0463. The topological polar surface area (TPSA) is 55.6 Å². The van der Waals surface area contributed by atoms with Crippen LogP contribution >= 0.6 is 15.9 Å². The van der Waals surface area contributed by atoms with E-state index in [0.29, 0.717) is 0 Å². The van der Waals surface area contributed by atoms with Crippen molar-refractivity contribution >= 4 is 15.9 Å². The number of aromatic nitrogens is 4. The number of halogens is 1.